The molecule has 0 saturated carbocycles. The molecule has 0 bridgehead atoms. The minimum atomic E-state index is 0.403. The molecular weight excluding hydrogens is 160 g/mol. The number of aromatic nitrogens is 1. The van der Waals surface area contributed by atoms with Crippen molar-refractivity contribution in [1.82, 2.24) is 4.98 Å². The first kappa shape index (κ1) is 9.73. The lowest BCUT2D eigenvalue weighted by atomic mass is 9.99. The van der Waals surface area contributed by atoms with Crippen molar-refractivity contribution in [3.63, 3.8) is 0 Å². The molecule has 2 nitrogen and oxygen atoms in total. The van der Waals surface area contributed by atoms with Gasteiger partial charge in [-0.1, -0.05) is 13.8 Å². The Balaban J connectivity index is 3.05. The van der Waals surface area contributed by atoms with Gasteiger partial charge in [0.2, 0.25) is 0 Å². The maximum absolute atomic E-state index is 8.53. The Hall–Kier alpha value is -1.36. The molecule has 68 valence electrons. The van der Waals surface area contributed by atoms with Gasteiger partial charge in [-0.25, -0.2) is 0 Å². The van der Waals surface area contributed by atoms with Crippen LogP contribution >= 0.6 is 0 Å². The van der Waals surface area contributed by atoms with Crippen LogP contribution in [-0.4, -0.2) is 4.98 Å². The first-order valence-corrected chi connectivity index (χ1v) is 4.47. The normalized spacial score (nSPS) is 10.1. The molecule has 0 aliphatic carbocycles. The van der Waals surface area contributed by atoms with E-state index in [1.807, 2.05) is 12.3 Å². The lowest BCUT2D eigenvalue weighted by Crippen LogP contribution is -1.97. The fraction of sp³-hybridized carbons (Fsp3) is 0.455. The third-order valence-electron chi connectivity index (χ3n) is 2.08. The number of nitrogens with zero attached hydrogens (tertiary/aromatic N) is 2. The number of pyridine rings is 1. The summed E-state index contributed by atoms with van der Waals surface area (Å²) in [4.78, 5) is 4.19. The number of hydrogen-bond donors (Lipinski definition) is 0. The lowest BCUT2D eigenvalue weighted by molar-refractivity contribution is 0.845. The molecule has 0 unspecified atom stereocenters. The van der Waals surface area contributed by atoms with E-state index in [0.29, 0.717) is 12.3 Å². The zero-order chi connectivity index (χ0) is 9.84. The summed E-state index contributed by atoms with van der Waals surface area (Å²) in [5.74, 6) is 0.500. The van der Waals surface area contributed by atoms with Crippen molar-refractivity contribution >= 4 is 0 Å². The third-order valence-corrected chi connectivity index (χ3v) is 2.08. The second-order valence-corrected chi connectivity index (χ2v) is 3.52. The van der Waals surface area contributed by atoms with Crippen LogP contribution < -0.4 is 0 Å². The van der Waals surface area contributed by atoms with Crippen molar-refractivity contribution in [2.24, 2.45) is 0 Å². The van der Waals surface area contributed by atoms with Gasteiger partial charge in [0.05, 0.1) is 18.2 Å². The van der Waals surface area contributed by atoms with Crippen LogP contribution in [0.2, 0.25) is 0 Å². The topological polar surface area (TPSA) is 36.7 Å². The van der Waals surface area contributed by atoms with Gasteiger partial charge in [0.15, 0.2) is 0 Å². The van der Waals surface area contributed by atoms with E-state index >= 15 is 0 Å². The Morgan fingerprint density at radius 1 is 1.54 bits per heavy atom. The standard InChI is InChI=1S/C11H14N2/c1-8(2)11-6-10(4-5-12)13-7-9(11)3/h6-8H,4H2,1-3H3. The molecule has 1 rings (SSSR count). The predicted molar refractivity (Wildman–Crippen MR) is 52.4 cm³/mol. The van der Waals surface area contributed by atoms with Crippen molar-refractivity contribution in [3.8, 4) is 6.07 Å². The molecule has 2 heteroatoms. The molecule has 0 aliphatic rings. The van der Waals surface area contributed by atoms with Crippen molar-refractivity contribution in [2.75, 3.05) is 0 Å². The second kappa shape index (κ2) is 4.04. The number of nitriles is 1. The number of aryl methyl sites for hydroxylation is 1. The van der Waals surface area contributed by atoms with Crippen molar-refractivity contribution in [3.05, 3.63) is 29.1 Å². The molecule has 0 aliphatic heterocycles. The molecule has 0 spiro atoms. The van der Waals surface area contributed by atoms with Gasteiger partial charge < -0.3 is 0 Å². The quantitative estimate of drug-likeness (QED) is 0.691. The average Bonchev–Trinajstić information content (AvgIpc) is 2.08. The van der Waals surface area contributed by atoms with Crippen molar-refractivity contribution < 1.29 is 0 Å². The smallest absolute Gasteiger partial charge is 0.0774 e. The molecule has 13 heavy (non-hydrogen) atoms. The zero-order valence-electron chi connectivity index (χ0n) is 8.33. The molecule has 0 radical (unpaired) electrons. The molecule has 1 aromatic rings. The molecule has 0 fully saturated rings. The van der Waals surface area contributed by atoms with E-state index in [1.54, 1.807) is 0 Å². The van der Waals surface area contributed by atoms with Crippen molar-refractivity contribution in [1.29, 1.82) is 5.26 Å². The van der Waals surface area contributed by atoms with Crippen LogP contribution in [0.15, 0.2) is 12.3 Å². The van der Waals surface area contributed by atoms with Crippen LogP contribution in [0.3, 0.4) is 0 Å². The van der Waals surface area contributed by atoms with Crippen LogP contribution in [0.5, 0.6) is 0 Å². The first-order chi connectivity index (χ1) is 6.15. The van der Waals surface area contributed by atoms with E-state index in [9.17, 15) is 0 Å². The van der Waals surface area contributed by atoms with Crippen LogP contribution in [0.1, 0.15) is 36.6 Å². The Morgan fingerprint density at radius 2 is 2.23 bits per heavy atom. The van der Waals surface area contributed by atoms with E-state index in [-0.39, 0.29) is 0 Å². The van der Waals surface area contributed by atoms with Crippen LogP contribution in [0, 0.1) is 18.3 Å². The highest BCUT2D eigenvalue weighted by atomic mass is 14.7. The summed E-state index contributed by atoms with van der Waals surface area (Å²) in [5, 5.41) is 8.53. The van der Waals surface area contributed by atoms with Gasteiger partial charge >= 0.3 is 0 Å². The lowest BCUT2D eigenvalue weighted by Gasteiger charge is -2.09. The van der Waals surface area contributed by atoms with Gasteiger partial charge in [-0.3, -0.25) is 4.98 Å². The molecule has 0 atom stereocenters. The van der Waals surface area contributed by atoms with E-state index in [2.05, 4.69) is 31.8 Å². The van der Waals surface area contributed by atoms with Gasteiger partial charge in [-0.15, -0.1) is 0 Å². The molecule has 1 heterocycles. The van der Waals surface area contributed by atoms with Crippen LogP contribution in [0.25, 0.3) is 0 Å². The average molecular weight is 174 g/mol. The summed E-state index contributed by atoms with van der Waals surface area (Å²) in [7, 11) is 0. The van der Waals surface area contributed by atoms with E-state index in [0.717, 1.165) is 5.69 Å². The summed E-state index contributed by atoms with van der Waals surface area (Å²) < 4.78 is 0. The fourth-order valence-corrected chi connectivity index (χ4v) is 1.38. The Bertz CT molecular complexity index is 334. The Kier molecular flexibility index (Phi) is 3.02. The SMILES string of the molecule is Cc1cnc(CC#N)cc1C(C)C. The highest BCUT2D eigenvalue weighted by Crippen LogP contribution is 2.18. The zero-order valence-corrected chi connectivity index (χ0v) is 8.33. The van der Waals surface area contributed by atoms with E-state index in [4.69, 9.17) is 5.26 Å². The van der Waals surface area contributed by atoms with Gasteiger partial charge in [-0.2, -0.15) is 5.26 Å². The maximum Gasteiger partial charge on any atom is 0.0774 e. The first-order valence-electron chi connectivity index (χ1n) is 4.47. The van der Waals surface area contributed by atoms with E-state index in [1.165, 1.54) is 11.1 Å². The monoisotopic (exact) mass is 174 g/mol. The minimum Gasteiger partial charge on any atom is -0.260 e. The Morgan fingerprint density at radius 3 is 2.77 bits per heavy atom. The minimum absolute atomic E-state index is 0.403. The maximum atomic E-state index is 8.53. The summed E-state index contributed by atoms with van der Waals surface area (Å²) in [6.45, 7) is 6.36. The molecule has 0 aromatic carbocycles. The molecular formula is C11H14N2. The largest absolute Gasteiger partial charge is 0.260 e. The number of rotatable bonds is 2. The molecule has 0 N–H and O–H groups in total. The van der Waals surface area contributed by atoms with E-state index < -0.39 is 0 Å². The van der Waals surface area contributed by atoms with Gasteiger partial charge in [0.25, 0.3) is 0 Å². The summed E-state index contributed by atoms with van der Waals surface area (Å²) in [6.07, 6.45) is 2.25. The van der Waals surface area contributed by atoms with Gasteiger partial charge in [0, 0.05) is 6.20 Å². The summed E-state index contributed by atoms with van der Waals surface area (Å²) >= 11 is 0. The highest BCUT2D eigenvalue weighted by Gasteiger charge is 2.04. The highest BCUT2D eigenvalue weighted by molar-refractivity contribution is 5.29. The van der Waals surface area contributed by atoms with Crippen LogP contribution in [0.4, 0.5) is 0 Å². The van der Waals surface area contributed by atoms with Gasteiger partial charge in [0.1, 0.15) is 0 Å². The Labute approximate surface area is 79.2 Å². The fourth-order valence-electron chi connectivity index (χ4n) is 1.38. The summed E-state index contributed by atoms with van der Waals surface area (Å²) in [6, 6.07) is 4.14. The number of hydrogen-bond acceptors (Lipinski definition) is 2. The molecule has 0 saturated heterocycles. The summed E-state index contributed by atoms with van der Waals surface area (Å²) in [5.41, 5.74) is 3.37. The van der Waals surface area contributed by atoms with Crippen molar-refractivity contribution in [2.45, 2.75) is 33.1 Å². The second-order valence-electron chi connectivity index (χ2n) is 3.52. The van der Waals surface area contributed by atoms with Crippen LogP contribution in [-0.2, 0) is 6.42 Å². The predicted octanol–water partition coefficient (Wildman–Crippen LogP) is 2.58. The van der Waals surface area contributed by atoms with Gasteiger partial charge in [-0.05, 0) is 30.0 Å². The third kappa shape index (κ3) is 2.29. The molecule has 0 amide bonds. The molecule has 1 aromatic heterocycles.